The van der Waals surface area contributed by atoms with Crippen LogP contribution in [0.5, 0.6) is 5.75 Å². The Bertz CT molecular complexity index is 851. The van der Waals surface area contributed by atoms with Crippen molar-refractivity contribution >= 4 is 28.8 Å². The number of halogens is 2. The Labute approximate surface area is 152 Å². The van der Waals surface area contributed by atoms with Crippen LogP contribution in [0.25, 0.3) is 11.1 Å². The van der Waals surface area contributed by atoms with Crippen molar-refractivity contribution in [1.82, 2.24) is 9.88 Å². The Morgan fingerprint density at radius 3 is 2.65 bits per heavy atom. The van der Waals surface area contributed by atoms with Crippen molar-refractivity contribution in [3.8, 4) is 5.75 Å². The Balaban J connectivity index is 1.52. The molecule has 0 spiro atoms. The first-order valence-electron chi connectivity index (χ1n) is 7.77. The molecule has 5 nitrogen and oxygen atoms in total. The number of alkyl halides is 2. The van der Waals surface area contributed by atoms with Crippen LogP contribution in [0.1, 0.15) is 5.56 Å². The summed E-state index contributed by atoms with van der Waals surface area (Å²) in [5.41, 5.74) is 2.25. The molecule has 2 aromatic carbocycles. The minimum Gasteiger partial charge on any atom is -0.435 e. The lowest BCUT2D eigenvalue weighted by molar-refractivity contribution is -0.127. The van der Waals surface area contributed by atoms with Crippen LogP contribution >= 0.6 is 11.8 Å². The number of hydrogen-bond acceptors (Lipinski definition) is 5. The largest absolute Gasteiger partial charge is 0.435 e. The summed E-state index contributed by atoms with van der Waals surface area (Å²) in [7, 11) is 1.68. The van der Waals surface area contributed by atoms with E-state index >= 15 is 0 Å². The number of benzene rings is 2. The van der Waals surface area contributed by atoms with E-state index in [2.05, 4.69) is 9.72 Å². The predicted octanol–water partition coefficient (Wildman–Crippen LogP) is 4.18. The molecule has 0 fully saturated rings. The summed E-state index contributed by atoms with van der Waals surface area (Å²) in [5, 5.41) is 0.446. The monoisotopic (exact) mass is 378 g/mol. The van der Waals surface area contributed by atoms with Gasteiger partial charge in [-0.1, -0.05) is 36.0 Å². The summed E-state index contributed by atoms with van der Waals surface area (Å²) >= 11 is 1.23. The second kappa shape index (κ2) is 8.18. The Hall–Kier alpha value is -2.61. The van der Waals surface area contributed by atoms with E-state index in [1.165, 1.54) is 23.9 Å². The van der Waals surface area contributed by atoms with Crippen LogP contribution < -0.4 is 4.74 Å². The molecular weight excluding hydrogens is 362 g/mol. The standard InChI is InChI=1S/C18H16F2N2O3S/c1-22(10-12-6-8-13(9-7-12)24-17(19)20)16(23)11-26-18-21-14-4-2-3-5-15(14)25-18/h2-9,17H,10-11H2,1H3. The molecule has 1 heterocycles. The van der Waals surface area contributed by atoms with Gasteiger partial charge in [-0.15, -0.1) is 0 Å². The number of nitrogens with zero attached hydrogens (tertiary/aromatic N) is 2. The first kappa shape index (κ1) is 18.2. The molecule has 0 aliphatic carbocycles. The molecule has 26 heavy (non-hydrogen) atoms. The molecule has 0 saturated carbocycles. The maximum absolute atomic E-state index is 12.3. The van der Waals surface area contributed by atoms with Crippen LogP contribution in [0.15, 0.2) is 58.2 Å². The lowest BCUT2D eigenvalue weighted by Gasteiger charge is -2.17. The molecule has 0 aliphatic heterocycles. The van der Waals surface area contributed by atoms with Crippen molar-refractivity contribution in [2.45, 2.75) is 18.4 Å². The summed E-state index contributed by atoms with van der Waals surface area (Å²) in [5.74, 6) is 0.185. The fourth-order valence-electron chi connectivity index (χ4n) is 2.28. The van der Waals surface area contributed by atoms with Crippen LogP contribution in [0, 0.1) is 0 Å². The molecule has 0 atom stereocenters. The molecular formula is C18H16F2N2O3S. The van der Waals surface area contributed by atoms with E-state index in [0.29, 0.717) is 17.4 Å². The van der Waals surface area contributed by atoms with Gasteiger partial charge in [-0.25, -0.2) is 4.98 Å². The van der Waals surface area contributed by atoms with E-state index in [0.717, 1.165) is 11.1 Å². The highest BCUT2D eigenvalue weighted by Crippen LogP contribution is 2.23. The summed E-state index contributed by atoms with van der Waals surface area (Å²) in [6.07, 6.45) is 0. The van der Waals surface area contributed by atoms with Gasteiger partial charge in [-0.3, -0.25) is 4.79 Å². The van der Waals surface area contributed by atoms with Crippen LogP contribution in [0.4, 0.5) is 8.78 Å². The van der Waals surface area contributed by atoms with Crippen molar-refractivity contribution in [2.24, 2.45) is 0 Å². The minimum atomic E-state index is -2.85. The quantitative estimate of drug-likeness (QED) is 0.578. The summed E-state index contributed by atoms with van der Waals surface area (Å²) in [6, 6.07) is 13.6. The molecule has 0 unspecified atom stereocenters. The molecule has 1 amide bonds. The number of amides is 1. The van der Waals surface area contributed by atoms with Gasteiger partial charge >= 0.3 is 6.61 Å². The fraction of sp³-hybridized carbons (Fsp3) is 0.222. The smallest absolute Gasteiger partial charge is 0.387 e. The zero-order chi connectivity index (χ0) is 18.5. The van der Waals surface area contributed by atoms with Gasteiger partial charge < -0.3 is 14.1 Å². The summed E-state index contributed by atoms with van der Waals surface area (Å²) < 4.78 is 34.1. The molecule has 0 bridgehead atoms. The first-order valence-corrected chi connectivity index (χ1v) is 8.76. The van der Waals surface area contributed by atoms with E-state index < -0.39 is 6.61 Å². The number of carbonyl (C=O) groups excluding carboxylic acids is 1. The van der Waals surface area contributed by atoms with E-state index in [4.69, 9.17) is 4.42 Å². The Morgan fingerprint density at radius 2 is 1.96 bits per heavy atom. The van der Waals surface area contributed by atoms with Gasteiger partial charge in [-0.2, -0.15) is 8.78 Å². The zero-order valence-corrected chi connectivity index (χ0v) is 14.7. The minimum absolute atomic E-state index is 0.0873. The maximum atomic E-state index is 12.3. The highest BCUT2D eigenvalue weighted by molar-refractivity contribution is 7.99. The number of rotatable bonds is 7. The summed E-state index contributed by atoms with van der Waals surface area (Å²) in [4.78, 5) is 18.1. The van der Waals surface area contributed by atoms with Crippen molar-refractivity contribution < 1.29 is 22.7 Å². The van der Waals surface area contributed by atoms with E-state index in [9.17, 15) is 13.6 Å². The van der Waals surface area contributed by atoms with Gasteiger partial charge in [0.2, 0.25) is 5.91 Å². The van der Waals surface area contributed by atoms with Crippen molar-refractivity contribution in [1.29, 1.82) is 0 Å². The lowest BCUT2D eigenvalue weighted by atomic mass is 10.2. The Morgan fingerprint density at radius 1 is 1.23 bits per heavy atom. The van der Waals surface area contributed by atoms with Gasteiger partial charge in [0.25, 0.3) is 5.22 Å². The van der Waals surface area contributed by atoms with Crippen LogP contribution in [0.2, 0.25) is 0 Å². The van der Waals surface area contributed by atoms with E-state index in [1.54, 1.807) is 24.1 Å². The van der Waals surface area contributed by atoms with Gasteiger partial charge in [0.05, 0.1) is 5.75 Å². The van der Waals surface area contributed by atoms with Gasteiger partial charge in [0.1, 0.15) is 11.3 Å². The average Bonchev–Trinajstić information content (AvgIpc) is 3.03. The van der Waals surface area contributed by atoms with Crippen molar-refractivity contribution in [3.05, 3.63) is 54.1 Å². The first-order chi connectivity index (χ1) is 12.5. The highest BCUT2D eigenvalue weighted by atomic mass is 32.2. The normalized spacial score (nSPS) is 11.1. The number of fused-ring (bicyclic) bond motifs is 1. The third kappa shape index (κ3) is 4.72. The molecule has 0 aliphatic rings. The molecule has 8 heteroatoms. The number of para-hydroxylation sites is 2. The van der Waals surface area contributed by atoms with E-state index in [-0.39, 0.29) is 17.4 Å². The molecule has 136 valence electrons. The summed E-state index contributed by atoms with van der Waals surface area (Å²) in [6.45, 7) is -2.49. The molecule has 0 saturated heterocycles. The topological polar surface area (TPSA) is 55.6 Å². The van der Waals surface area contributed by atoms with Gasteiger partial charge in [0.15, 0.2) is 5.58 Å². The lowest BCUT2D eigenvalue weighted by Crippen LogP contribution is -2.27. The fourth-order valence-corrected chi connectivity index (χ4v) is 3.06. The van der Waals surface area contributed by atoms with Crippen LogP contribution in [-0.4, -0.2) is 35.2 Å². The number of hydrogen-bond donors (Lipinski definition) is 0. The number of thioether (sulfide) groups is 1. The van der Waals surface area contributed by atoms with Gasteiger partial charge in [-0.05, 0) is 29.8 Å². The van der Waals surface area contributed by atoms with Crippen LogP contribution in [-0.2, 0) is 11.3 Å². The Kier molecular flexibility index (Phi) is 5.72. The predicted molar refractivity (Wildman–Crippen MR) is 94.3 cm³/mol. The van der Waals surface area contributed by atoms with Crippen molar-refractivity contribution in [3.63, 3.8) is 0 Å². The number of oxazole rings is 1. The SMILES string of the molecule is CN(Cc1ccc(OC(F)F)cc1)C(=O)CSc1nc2ccccc2o1. The van der Waals surface area contributed by atoms with Crippen LogP contribution in [0.3, 0.4) is 0 Å². The number of aromatic nitrogens is 1. The van der Waals surface area contributed by atoms with Gasteiger partial charge in [0, 0.05) is 13.6 Å². The molecule has 3 rings (SSSR count). The molecule has 1 aromatic heterocycles. The molecule has 0 radical (unpaired) electrons. The molecule has 3 aromatic rings. The third-order valence-electron chi connectivity index (χ3n) is 3.59. The van der Waals surface area contributed by atoms with Crippen molar-refractivity contribution in [2.75, 3.05) is 12.8 Å². The number of ether oxygens (including phenoxy) is 1. The third-order valence-corrected chi connectivity index (χ3v) is 4.40. The second-order valence-corrected chi connectivity index (χ2v) is 6.44. The highest BCUT2D eigenvalue weighted by Gasteiger charge is 2.13. The maximum Gasteiger partial charge on any atom is 0.387 e. The molecule has 0 N–H and O–H groups in total. The second-order valence-electron chi connectivity index (χ2n) is 5.51. The zero-order valence-electron chi connectivity index (χ0n) is 13.9. The number of carbonyl (C=O) groups is 1. The average molecular weight is 378 g/mol. The van der Waals surface area contributed by atoms with E-state index in [1.807, 2.05) is 24.3 Å².